The Hall–Kier alpha value is -1.64. The van der Waals surface area contributed by atoms with Gasteiger partial charge < -0.3 is 4.90 Å². The van der Waals surface area contributed by atoms with E-state index in [0.29, 0.717) is 17.5 Å². The number of hydrogen-bond acceptors (Lipinski definition) is 6. The van der Waals surface area contributed by atoms with E-state index in [-0.39, 0.29) is 11.5 Å². The third-order valence-corrected chi connectivity index (χ3v) is 8.61. The average molecular weight is 418 g/mol. The van der Waals surface area contributed by atoms with Gasteiger partial charge in [0.05, 0.1) is 11.1 Å². The summed E-state index contributed by atoms with van der Waals surface area (Å²) in [6, 6.07) is 2.11. The van der Waals surface area contributed by atoms with E-state index in [1.54, 1.807) is 34.3 Å². The summed E-state index contributed by atoms with van der Waals surface area (Å²) < 4.78 is 1.61. The molecule has 4 heterocycles. The van der Waals surface area contributed by atoms with E-state index in [0.717, 1.165) is 42.4 Å². The van der Waals surface area contributed by atoms with Gasteiger partial charge in [-0.25, -0.2) is 4.98 Å². The molecule has 5 nitrogen and oxygen atoms in total. The molecule has 3 aromatic heterocycles. The van der Waals surface area contributed by atoms with Crippen molar-refractivity contribution in [2.24, 2.45) is 7.05 Å². The van der Waals surface area contributed by atoms with Gasteiger partial charge in [0.25, 0.3) is 5.56 Å². The summed E-state index contributed by atoms with van der Waals surface area (Å²) in [5, 5.41) is 3.53. The molecule has 3 aromatic rings. The zero-order chi connectivity index (χ0) is 18.5. The Kier molecular flexibility index (Phi) is 4.37. The smallest absolute Gasteiger partial charge is 0.262 e. The van der Waals surface area contributed by atoms with E-state index in [1.807, 2.05) is 4.90 Å². The number of carbonyl (C=O) groups excluding carboxylic acids is 1. The first-order valence-electron chi connectivity index (χ1n) is 9.09. The zero-order valence-electron chi connectivity index (χ0n) is 15.0. The molecular formula is C19H19N3O2S3. The van der Waals surface area contributed by atoms with Crippen LogP contribution in [0.25, 0.3) is 10.2 Å². The van der Waals surface area contributed by atoms with Crippen LogP contribution in [0.15, 0.2) is 21.4 Å². The molecule has 140 valence electrons. The summed E-state index contributed by atoms with van der Waals surface area (Å²) in [5.74, 6) is 0.427. The number of thiophene rings is 2. The molecule has 0 N–H and O–H groups in total. The van der Waals surface area contributed by atoms with Gasteiger partial charge in [-0.15, -0.1) is 22.7 Å². The fourth-order valence-electron chi connectivity index (χ4n) is 3.91. The van der Waals surface area contributed by atoms with Crippen molar-refractivity contribution in [3.8, 4) is 0 Å². The molecule has 0 unspecified atom stereocenters. The number of aryl methyl sites for hydroxylation is 2. The molecule has 2 aliphatic rings. The van der Waals surface area contributed by atoms with Gasteiger partial charge in [0.15, 0.2) is 5.16 Å². The number of carbonyl (C=O) groups is 1. The fourth-order valence-corrected chi connectivity index (χ4v) is 6.98. The van der Waals surface area contributed by atoms with Gasteiger partial charge in [0.2, 0.25) is 5.91 Å². The van der Waals surface area contributed by atoms with Crippen molar-refractivity contribution in [1.82, 2.24) is 14.5 Å². The van der Waals surface area contributed by atoms with Crippen LogP contribution in [0.1, 0.15) is 27.3 Å². The highest BCUT2D eigenvalue weighted by atomic mass is 32.2. The third kappa shape index (κ3) is 2.94. The van der Waals surface area contributed by atoms with Crippen molar-refractivity contribution < 1.29 is 4.79 Å². The molecule has 0 aromatic carbocycles. The number of fused-ring (bicyclic) bond motifs is 4. The number of amides is 1. The van der Waals surface area contributed by atoms with Gasteiger partial charge in [-0.05, 0) is 48.3 Å². The van der Waals surface area contributed by atoms with Gasteiger partial charge >= 0.3 is 0 Å². The quantitative estimate of drug-likeness (QED) is 0.485. The molecule has 1 amide bonds. The molecule has 1 aliphatic carbocycles. The van der Waals surface area contributed by atoms with Crippen LogP contribution in [0.2, 0.25) is 0 Å². The van der Waals surface area contributed by atoms with Crippen LogP contribution in [0.5, 0.6) is 0 Å². The lowest BCUT2D eigenvalue weighted by Crippen LogP contribution is -2.36. The first-order chi connectivity index (χ1) is 13.1. The van der Waals surface area contributed by atoms with Crippen LogP contribution in [0.3, 0.4) is 0 Å². The molecule has 0 radical (unpaired) electrons. The van der Waals surface area contributed by atoms with Crippen molar-refractivity contribution in [3.63, 3.8) is 0 Å². The van der Waals surface area contributed by atoms with E-state index in [2.05, 4.69) is 11.4 Å². The molecule has 8 heteroatoms. The Bertz CT molecular complexity index is 1110. The van der Waals surface area contributed by atoms with Crippen LogP contribution < -0.4 is 5.56 Å². The van der Waals surface area contributed by atoms with Crippen molar-refractivity contribution >= 4 is 50.6 Å². The Morgan fingerprint density at radius 3 is 3.07 bits per heavy atom. The minimum absolute atomic E-state index is 0.0234. The monoisotopic (exact) mass is 417 g/mol. The molecule has 0 spiro atoms. The highest BCUT2D eigenvalue weighted by molar-refractivity contribution is 7.99. The van der Waals surface area contributed by atoms with Crippen molar-refractivity contribution in [2.45, 2.75) is 37.4 Å². The second-order valence-electron chi connectivity index (χ2n) is 7.02. The summed E-state index contributed by atoms with van der Waals surface area (Å²) in [6.45, 7) is 1.47. The molecule has 27 heavy (non-hydrogen) atoms. The van der Waals surface area contributed by atoms with Crippen molar-refractivity contribution in [1.29, 1.82) is 0 Å². The molecule has 0 saturated heterocycles. The second kappa shape index (κ2) is 6.76. The van der Waals surface area contributed by atoms with Crippen LogP contribution in [0, 0.1) is 0 Å². The van der Waals surface area contributed by atoms with Crippen LogP contribution in [-0.2, 0) is 37.6 Å². The summed E-state index contributed by atoms with van der Waals surface area (Å²) in [6.07, 6.45) is 4.11. The molecule has 0 atom stereocenters. The molecule has 0 saturated carbocycles. The fraction of sp³-hybridized carbons (Fsp3) is 0.421. The Labute approximate surface area is 169 Å². The highest BCUT2D eigenvalue weighted by Crippen LogP contribution is 2.35. The van der Waals surface area contributed by atoms with Crippen LogP contribution >= 0.6 is 34.4 Å². The maximum absolute atomic E-state index is 12.8. The molecule has 0 fully saturated rings. The number of nitrogens with zero attached hydrogens (tertiary/aromatic N) is 3. The van der Waals surface area contributed by atoms with E-state index in [4.69, 9.17) is 4.98 Å². The van der Waals surface area contributed by atoms with E-state index in [9.17, 15) is 9.59 Å². The maximum Gasteiger partial charge on any atom is 0.262 e. The van der Waals surface area contributed by atoms with Crippen LogP contribution in [0.4, 0.5) is 0 Å². The predicted octanol–water partition coefficient (Wildman–Crippen LogP) is 3.22. The Balaban J connectivity index is 1.35. The third-order valence-electron chi connectivity index (χ3n) is 5.39. The van der Waals surface area contributed by atoms with Gasteiger partial charge in [-0.3, -0.25) is 14.2 Å². The van der Waals surface area contributed by atoms with Gasteiger partial charge in [0.1, 0.15) is 4.83 Å². The Morgan fingerprint density at radius 1 is 1.30 bits per heavy atom. The van der Waals surface area contributed by atoms with Gasteiger partial charge in [-0.2, -0.15) is 0 Å². The lowest BCUT2D eigenvalue weighted by molar-refractivity contribution is -0.129. The Morgan fingerprint density at radius 2 is 2.19 bits per heavy atom. The summed E-state index contributed by atoms with van der Waals surface area (Å²) in [7, 11) is 1.76. The average Bonchev–Trinajstić information content (AvgIpc) is 3.37. The minimum Gasteiger partial charge on any atom is -0.337 e. The van der Waals surface area contributed by atoms with Gasteiger partial charge in [0, 0.05) is 29.9 Å². The molecule has 1 aliphatic heterocycles. The lowest BCUT2D eigenvalue weighted by atomic mass is 10.1. The molecule has 5 rings (SSSR count). The van der Waals surface area contributed by atoms with E-state index < -0.39 is 0 Å². The van der Waals surface area contributed by atoms with E-state index in [1.165, 1.54) is 32.6 Å². The predicted molar refractivity (Wildman–Crippen MR) is 111 cm³/mol. The summed E-state index contributed by atoms with van der Waals surface area (Å²) in [5.41, 5.74) is 2.50. The van der Waals surface area contributed by atoms with Crippen molar-refractivity contribution in [3.05, 3.63) is 42.7 Å². The minimum atomic E-state index is 0.0234. The van der Waals surface area contributed by atoms with Gasteiger partial charge in [-0.1, -0.05) is 11.8 Å². The maximum atomic E-state index is 12.8. The zero-order valence-corrected chi connectivity index (χ0v) is 17.4. The number of thioether (sulfide) groups is 1. The van der Waals surface area contributed by atoms with Crippen LogP contribution in [-0.4, -0.2) is 32.7 Å². The summed E-state index contributed by atoms with van der Waals surface area (Å²) >= 11 is 4.79. The number of rotatable bonds is 3. The number of hydrogen-bond donors (Lipinski definition) is 0. The second-order valence-corrected chi connectivity index (χ2v) is 10.0. The highest BCUT2D eigenvalue weighted by Gasteiger charge is 2.24. The standard InChI is InChI=1S/C19H19N3O2S3/c1-21-18(24)16-12-3-2-4-14(12)27-17(16)20-19(21)26-10-15(23)22-7-5-13-11(9-22)6-8-25-13/h6,8H,2-5,7,9-10H2,1H3. The SMILES string of the molecule is Cn1c(SCC(=O)N2CCc3sccc3C2)nc2sc3c(c2c1=O)CCC3. The number of aromatic nitrogens is 2. The topological polar surface area (TPSA) is 55.2 Å². The van der Waals surface area contributed by atoms with E-state index >= 15 is 0 Å². The first kappa shape index (κ1) is 17.5. The normalized spacial score (nSPS) is 16.0. The largest absolute Gasteiger partial charge is 0.337 e. The van der Waals surface area contributed by atoms with Crippen molar-refractivity contribution in [2.75, 3.05) is 12.3 Å². The lowest BCUT2D eigenvalue weighted by Gasteiger charge is -2.26. The first-order valence-corrected chi connectivity index (χ1v) is 11.8. The summed E-state index contributed by atoms with van der Waals surface area (Å²) in [4.78, 5) is 35.7. The molecular weight excluding hydrogens is 398 g/mol. The molecule has 0 bridgehead atoms.